The van der Waals surface area contributed by atoms with Gasteiger partial charge in [-0.1, -0.05) is 29.8 Å². The highest BCUT2D eigenvalue weighted by Crippen LogP contribution is 2.13. The molecule has 0 saturated carbocycles. The molecule has 0 bridgehead atoms. The lowest BCUT2D eigenvalue weighted by atomic mass is 10.1. The molecule has 0 saturated heterocycles. The van der Waals surface area contributed by atoms with Crippen LogP contribution in [0.5, 0.6) is 0 Å². The van der Waals surface area contributed by atoms with Gasteiger partial charge in [-0.15, -0.1) is 0 Å². The van der Waals surface area contributed by atoms with Crippen molar-refractivity contribution in [1.82, 2.24) is 4.83 Å². The van der Waals surface area contributed by atoms with Gasteiger partial charge in [-0.2, -0.15) is 13.5 Å². The summed E-state index contributed by atoms with van der Waals surface area (Å²) >= 11 is 5.69. The molecule has 22 heavy (non-hydrogen) atoms. The third kappa shape index (κ3) is 3.84. The molecule has 0 aromatic heterocycles. The average Bonchev–Trinajstić information content (AvgIpc) is 2.48. The first kappa shape index (κ1) is 16.0. The number of nitrogens with one attached hydrogen (secondary N) is 1. The minimum atomic E-state index is -3.83. The van der Waals surface area contributed by atoms with Crippen LogP contribution in [0.2, 0.25) is 5.02 Å². The maximum absolute atomic E-state index is 12.0. The molecule has 2 aromatic carbocycles. The highest BCUT2D eigenvalue weighted by atomic mass is 35.5. The number of benzene rings is 2. The first-order chi connectivity index (χ1) is 10.4. The number of aromatic carboxylic acids is 1. The van der Waals surface area contributed by atoms with Crippen LogP contribution in [0.3, 0.4) is 0 Å². The predicted octanol–water partition coefficient (Wildman–Crippen LogP) is 2.35. The van der Waals surface area contributed by atoms with E-state index in [1.54, 1.807) is 12.1 Å². The van der Waals surface area contributed by atoms with Crippen LogP contribution in [-0.2, 0) is 10.0 Å². The van der Waals surface area contributed by atoms with Crippen LogP contribution in [-0.4, -0.2) is 25.7 Å². The SMILES string of the molecule is O=C(O)c1ccccc1/C=N/NS(=O)(=O)c1ccc(Cl)cc1. The maximum Gasteiger partial charge on any atom is 0.336 e. The molecular weight excluding hydrogens is 328 g/mol. The van der Waals surface area contributed by atoms with Crippen molar-refractivity contribution >= 4 is 33.8 Å². The van der Waals surface area contributed by atoms with E-state index in [9.17, 15) is 13.2 Å². The minimum absolute atomic E-state index is 0.000528. The zero-order valence-corrected chi connectivity index (χ0v) is 12.7. The highest BCUT2D eigenvalue weighted by Gasteiger charge is 2.12. The third-order valence-electron chi connectivity index (χ3n) is 2.69. The number of carbonyl (C=O) groups is 1. The summed E-state index contributed by atoms with van der Waals surface area (Å²) in [5, 5.41) is 13.0. The molecule has 0 unspecified atom stereocenters. The number of nitrogens with zero attached hydrogens (tertiary/aromatic N) is 1. The van der Waals surface area contributed by atoms with Gasteiger partial charge in [-0.05, 0) is 30.3 Å². The number of hydrogen-bond donors (Lipinski definition) is 2. The molecule has 2 rings (SSSR count). The van der Waals surface area contributed by atoms with Gasteiger partial charge in [0.05, 0.1) is 16.7 Å². The average molecular weight is 339 g/mol. The molecule has 0 fully saturated rings. The Labute approximate surface area is 132 Å². The summed E-state index contributed by atoms with van der Waals surface area (Å²) in [6, 6.07) is 11.7. The number of halogens is 1. The van der Waals surface area contributed by atoms with Gasteiger partial charge in [0.15, 0.2) is 0 Å². The van der Waals surface area contributed by atoms with Crippen LogP contribution in [0.15, 0.2) is 58.5 Å². The molecule has 6 nitrogen and oxygen atoms in total. The van der Waals surface area contributed by atoms with Gasteiger partial charge in [-0.3, -0.25) is 0 Å². The second-order valence-corrected chi connectivity index (χ2v) is 6.30. The molecule has 0 heterocycles. The van der Waals surface area contributed by atoms with E-state index < -0.39 is 16.0 Å². The van der Waals surface area contributed by atoms with Crippen molar-refractivity contribution in [1.29, 1.82) is 0 Å². The third-order valence-corrected chi connectivity index (χ3v) is 4.18. The number of hydrazone groups is 1. The van der Waals surface area contributed by atoms with Crippen molar-refractivity contribution in [3.05, 3.63) is 64.7 Å². The molecule has 2 aromatic rings. The monoisotopic (exact) mass is 338 g/mol. The normalized spacial score (nSPS) is 11.5. The Bertz CT molecular complexity index is 817. The summed E-state index contributed by atoms with van der Waals surface area (Å²) in [4.78, 5) is 13.0. The number of carboxylic acids is 1. The quantitative estimate of drug-likeness (QED) is 0.646. The Morgan fingerprint density at radius 2 is 1.77 bits per heavy atom. The van der Waals surface area contributed by atoms with Crippen molar-refractivity contribution in [2.45, 2.75) is 4.90 Å². The molecular formula is C14H11ClN2O4S. The summed E-state index contributed by atoms with van der Waals surface area (Å²) in [5.74, 6) is -1.12. The van der Waals surface area contributed by atoms with E-state index in [1.807, 2.05) is 4.83 Å². The van der Waals surface area contributed by atoms with Gasteiger partial charge in [-0.25, -0.2) is 9.63 Å². The van der Waals surface area contributed by atoms with E-state index in [2.05, 4.69) is 5.10 Å². The molecule has 0 radical (unpaired) electrons. The summed E-state index contributed by atoms with van der Waals surface area (Å²) in [7, 11) is -3.83. The van der Waals surface area contributed by atoms with E-state index in [-0.39, 0.29) is 16.0 Å². The Morgan fingerprint density at radius 1 is 1.14 bits per heavy atom. The lowest BCUT2D eigenvalue weighted by Crippen LogP contribution is -2.18. The van der Waals surface area contributed by atoms with E-state index in [0.29, 0.717) is 5.02 Å². The smallest absolute Gasteiger partial charge is 0.336 e. The van der Waals surface area contributed by atoms with E-state index in [0.717, 1.165) is 6.21 Å². The van der Waals surface area contributed by atoms with E-state index >= 15 is 0 Å². The molecule has 2 N–H and O–H groups in total. The van der Waals surface area contributed by atoms with Crippen molar-refractivity contribution in [2.75, 3.05) is 0 Å². The van der Waals surface area contributed by atoms with E-state index in [1.165, 1.54) is 36.4 Å². The lowest BCUT2D eigenvalue weighted by Gasteiger charge is -2.03. The van der Waals surface area contributed by atoms with Crippen molar-refractivity contribution in [3.63, 3.8) is 0 Å². The first-order valence-electron chi connectivity index (χ1n) is 6.03. The lowest BCUT2D eigenvalue weighted by molar-refractivity contribution is 0.0696. The predicted molar refractivity (Wildman–Crippen MR) is 82.8 cm³/mol. The maximum atomic E-state index is 12.0. The summed E-state index contributed by atoms with van der Waals surface area (Å²) in [6.45, 7) is 0. The van der Waals surface area contributed by atoms with Gasteiger partial charge >= 0.3 is 5.97 Å². The second-order valence-electron chi connectivity index (χ2n) is 4.20. The second kappa shape index (κ2) is 6.59. The minimum Gasteiger partial charge on any atom is -0.478 e. The largest absolute Gasteiger partial charge is 0.478 e. The first-order valence-corrected chi connectivity index (χ1v) is 7.89. The summed E-state index contributed by atoms with van der Waals surface area (Å²) < 4.78 is 23.9. The number of rotatable bonds is 5. The van der Waals surface area contributed by atoms with Crippen molar-refractivity contribution in [2.24, 2.45) is 5.10 Å². The van der Waals surface area contributed by atoms with Gasteiger partial charge in [0.2, 0.25) is 0 Å². The van der Waals surface area contributed by atoms with E-state index in [4.69, 9.17) is 16.7 Å². The van der Waals surface area contributed by atoms with Gasteiger partial charge in [0.25, 0.3) is 10.0 Å². The van der Waals surface area contributed by atoms with Crippen LogP contribution in [0.25, 0.3) is 0 Å². The van der Waals surface area contributed by atoms with Crippen LogP contribution in [0.4, 0.5) is 0 Å². The zero-order valence-electron chi connectivity index (χ0n) is 11.1. The molecule has 0 aliphatic rings. The molecule has 0 aliphatic carbocycles. The fourth-order valence-corrected chi connectivity index (χ4v) is 2.55. The van der Waals surface area contributed by atoms with Crippen LogP contribution in [0.1, 0.15) is 15.9 Å². The fourth-order valence-electron chi connectivity index (χ4n) is 1.64. The van der Waals surface area contributed by atoms with Gasteiger partial charge in [0, 0.05) is 10.6 Å². The fraction of sp³-hybridized carbons (Fsp3) is 0. The van der Waals surface area contributed by atoms with Crippen molar-refractivity contribution < 1.29 is 18.3 Å². The Hall–Kier alpha value is -2.38. The molecule has 0 atom stereocenters. The Morgan fingerprint density at radius 3 is 2.41 bits per heavy atom. The van der Waals surface area contributed by atoms with Crippen LogP contribution >= 0.6 is 11.6 Å². The summed E-state index contributed by atoms with van der Waals surface area (Å²) in [5.41, 5.74) is 0.311. The van der Waals surface area contributed by atoms with Gasteiger partial charge < -0.3 is 5.11 Å². The standard InChI is InChI=1S/C14H11ClN2O4S/c15-11-5-7-12(8-6-11)22(20,21)17-16-9-10-3-1-2-4-13(10)14(18)19/h1-9,17H,(H,18,19)/b16-9+. The van der Waals surface area contributed by atoms with Crippen LogP contribution in [0, 0.1) is 0 Å². The molecule has 0 amide bonds. The topological polar surface area (TPSA) is 95.8 Å². The highest BCUT2D eigenvalue weighted by molar-refractivity contribution is 7.89. The molecule has 0 spiro atoms. The Kier molecular flexibility index (Phi) is 4.79. The number of hydrogen-bond acceptors (Lipinski definition) is 4. The Balaban J connectivity index is 2.19. The molecule has 8 heteroatoms. The van der Waals surface area contributed by atoms with Crippen molar-refractivity contribution in [3.8, 4) is 0 Å². The van der Waals surface area contributed by atoms with Gasteiger partial charge in [0.1, 0.15) is 0 Å². The number of carboxylic acid groups (broad SMARTS) is 1. The summed E-state index contributed by atoms with van der Waals surface area (Å²) in [6.07, 6.45) is 1.14. The number of sulfonamides is 1. The molecule has 114 valence electrons. The zero-order chi connectivity index (χ0) is 16.2. The van der Waals surface area contributed by atoms with Crippen LogP contribution < -0.4 is 4.83 Å². The molecule has 0 aliphatic heterocycles.